The molecule has 2 aliphatic rings. The zero-order valence-electron chi connectivity index (χ0n) is 17.2. The van der Waals surface area contributed by atoms with Crippen molar-refractivity contribution in [3.05, 3.63) is 40.2 Å². The van der Waals surface area contributed by atoms with Gasteiger partial charge in [-0.15, -0.1) is 0 Å². The Kier molecular flexibility index (Phi) is 6.27. The maximum absolute atomic E-state index is 13.0. The summed E-state index contributed by atoms with van der Waals surface area (Å²) in [5, 5.41) is 10.6. The highest BCUT2D eigenvalue weighted by Gasteiger charge is 2.30. The summed E-state index contributed by atoms with van der Waals surface area (Å²) in [6.45, 7) is 1.44. The number of likely N-dealkylation sites (tertiary alicyclic amines) is 1. The molecule has 160 valence electrons. The van der Waals surface area contributed by atoms with Gasteiger partial charge in [-0.2, -0.15) is 5.10 Å². The van der Waals surface area contributed by atoms with Gasteiger partial charge < -0.3 is 15.0 Å². The van der Waals surface area contributed by atoms with E-state index in [4.69, 9.17) is 16.3 Å². The Morgan fingerprint density at radius 2 is 2.20 bits per heavy atom. The Morgan fingerprint density at radius 3 is 3.00 bits per heavy atom. The number of ether oxygens (including phenoxy) is 1. The lowest BCUT2D eigenvalue weighted by atomic mass is 9.93. The lowest BCUT2D eigenvalue weighted by molar-refractivity contribution is -0.116. The third-order valence-corrected chi connectivity index (χ3v) is 6.33. The smallest absolute Gasteiger partial charge is 0.274 e. The Labute approximate surface area is 181 Å². The second kappa shape index (κ2) is 9.08. The molecule has 1 atom stereocenters. The van der Waals surface area contributed by atoms with Gasteiger partial charge in [0.25, 0.3) is 5.91 Å². The van der Waals surface area contributed by atoms with E-state index in [1.165, 1.54) is 0 Å². The zero-order chi connectivity index (χ0) is 21.1. The van der Waals surface area contributed by atoms with Crippen LogP contribution in [0.4, 0.5) is 5.69 Å². The average molecular weight is 431 g/mol. The maximum atomic E-state index is 13.0. The maximum Gasteiger partial charge on any atom is 0.274 e. The van der Waals surface area contributed by atoms with Crippen LogP contribution in [0.1, 0.15) is 53.8 Å². The third kappa shape index (κ3) is 4.46. The number of aromatic amines is 1. The largest absolute Gasteiger partial charge is 0.495 e. The van der Waals surface area contributed by atoms with Crippen molar-refractivity contribution in [1.29, 1.82) is 0 Å². The lowest BCUT2D eigenvalue weighted by Crippen LogP contribution is -2.40. The average Bonchev–Trinajstić information content (AvgIpc) is 3.36. The molecule has 0 spiro atoms. The number of aryl methyl sites for hydroxylation is 1. The van der Waals surface area contributed by atoms with Crippen molar-refractivity contribution >= 4 is 29.1 Å². The first-order valence-electron chi connectivity index (χ1n) is 10.5. The summed E-state index contributed by atoms with van der Waals surface area (Å²) in [5.41, 5.74) is 3.46. The third-order valence-electron chi connectivity index (χ3n) is 6.03. The van der Waals surface area contributed by atoms with Crippen molar-refractivity contribution in [3.8, 4) is 5.75 Å². The summed E-state index contributed by atoms with van der Waals surface area (Å²) >= 11 is 6.11. The topological polar surface area (TPSA) is 87.3 Å². The molecule has 2 aromatic rings. The van der Waals surface area contributed by atoms with Crippen molar-refractivity contribution in [2.45, 2.75) is 44.9 Å². The number of piperidine rings is 1. The number of rotatable bonds is 6. The van der Waals surface area contributed by atoms with Gasteiger partial charge in [0.2, 0.25) is 5.91 Å². The van der Waals surface area contributed by atoms with Crippen LogP contribution in [0.2, 0.25) is 5.02 Å². The van der Waals surface area contributed by atoms with Gasteiger partial charge in [0.15, 0.2) is 5.69 Å². The van der Waals surface area contributed by atoms with Gasteiger partial charge in [-0.05, 0) is 62.6 Å². The van der Waals surface area contributed by atoms with Crippen molar-refractivity contribution < 1.29 is 14.3 Å². The summed E-state index contributed by atoms with van der Waals surface area (Å²) in [5.74, 6) is 0.866. The Balaban J connectivity index is 1.29. The Hall–Kier alpha value is -2.54. The molecule has 7 nitrogen and oxygen atoms in total. The van der Waals surface area contributed by atoms with E-state index in [0.29, 0.717) is 41.0 Å². The van der Waals surface area contributed by atoms with E-state index in [0.717, 1.165) is 56.3 Å². The number of carbonyl (C=O) groups excluding carboxylic acids is 2. The number of hydrogen-bond donors (Lipinski definition) is 2. The quantitative estimate of drug-likeness (QED) is 0.729. The van der Waals surface area contributed by atoms with Crippen LogP contribution in [0, 0.1) is 5.92 Å². The second-order valence-electron chi connectivity index (χ2n) is 8.08. The fourth-order valence-corrected chi connectivity index (χ4v) is 4.69. The highest BCUT2D eigenvalue weighted by molar-refractivity contribution is 6.32. The van der Waals surface area contributed by atoms with Crippen LogP contribution in [0.3, 0.4) is 0 Å². The second-order valence-corrected chi connectivity index (χ2v) is 8.49. The van der Waals surface area contributed by atoms with E-state index in [-0.39, 0.29) is 11.8 Å². The van der Waals surface area contributed by atoms with Crippen molar-refractivity contribution in [2.75, 3.05) is 25.5 Å². The molecule has 0 radical (unpaired) electrons. The van der Waals surface area contributed by atoms with Crippen molar-refractivity contribution in [3.63, 3.8) is 0 Å². The minimum Gasteiger partial charge on any atom is -0.495 e. The lowest BCUT2D eigenvalue weighted by Gasteiger charge is -2.32. The van der Waals surface area contributed by atoms with Crippen LogP contribution in [0.5, 0.6) is 5.75 Å². The van der Waals surface area contributed by atoms with E-state index < -0.39 is 0 Å². The molecule has 1 saturated heterocycles. The zero-order valence-corrected chi connectivity index (χ0v) is 17.9. The molecular formula is C22H27ClN4O3. The molecule has 1 aliphatic carbocycles. The number of fused-ring (bicyclic) bond motifs is 1. The Morgan fingerprint density at radius 1 is 1.33 bits per heavy atom. The van der Waals surface area contributed by atoms with Crippen LogP contribution in [-0.2, 0) is 17.6 Å². The molecule has 0 saturated carbocycles. The molecule has 2 heterocycles. The summed E-state index contributed by atoms with van der Waals surface area (Å²) < 4.78 is 5.13. The number of hydrogen-bond acceptors (Lipinski definition) is 4. The summed E-state index contributed by atoms with van der Waals surface area (Å²) in [4.78, 5) is 27.2. The minimum absolute atomic E-state index is 0.0245. The van der Waals surface area contributed by atoms with E-state index in [9.17, 15) is 9.59 Å². The number of nitrogens with zero attached hydrogens (tertiary/aromatic N) is 2. The number of carbonyl (C=O) groups is 2. The van der Waals surface area contributed by atoms with Crippen molar-refractivity contribution in [2.24, 2.45) is 5.92 Å². The number of halogens is 1. The standard InChI is InChI=1S/C22H27ClN4O3/c1-30-19-9-8-15(12-17(19)23)24-20(28)10-7-14-4-3-11-27(13-14)22(29)21-16-5-2-6-18(16)25-26-21/h8-9,12,14H,2-7,10-11,13H2,1H3,(H,24,28)(H,25,26)/t14-/m0/s1. The first kappa shape index (κ1) is 20.7. The molecule has 1 aromatic heterocycles. The minimum atomic E-state index is -0.0511. The first-order chi connectivity index (χ1) is 14.5. The van der Waals surface area contributed by atoms with Crippen LogP contribution in [0.15, 0.2) is 18.2 Å². The van der Waals surface area contributed by atoms with Gasteiger partial charge in [-0.3, -0.25) is 14.7 Å². The van der Waals surface area contributed by atoms with Gasteiger partial charge in [-0.1, -0.05) is 11.6 Å². The van der Waals surface area contributed by atoms with Gasteiger partial charge in [0.1, 0.15) is 5.75 Å². The van der Waals surface area contributed by atoms with E-state index in [2.05, 4.69) is 15.5 Å². The molecule has 2 amide bonds. The molecule has 4 rings (SSSR count). The highest BCUT2D eigenvalue weighted by Crippen LogP contribution is 2.28. The van der Waals surface area contributed by atoms with E-state index >= 15 is 0 Å². The normalized spacial score (nSPS) is 18.2. The van der Waals surface area contributed by atoms with Crippen LogP contribution in [0.25, 0.3) is 0 Å². The molecule has 0 unspecified atom stereocenters. The fraction of sp³-hybridized carbons (Fsp3) is 0.500. The molecule has 30 heavy (non-hydrogen) atoms. The van der Waals surface area contributed by atoms with Crippen LogP contribution >= 0.6 is 11.6 Å². The predicted octanol–water partition coefficient (Wildman–Crippen LogP) is 3.83. The number of aromatic nitrogens is 2. The summed E-state index contributed by atoms with van der Waals surface area (Å²) in [6, 6.07) is 5.18. The predicted molar refractivity (Wildman–Crippen MR) is 115 cm³/mol. The van der Waals surface area contributed by atoms with Gasteiger partial charge in [-0.25, -0.2) is 0 Å². The van der Waals surface area contributed by atoms with E-state index in [1.54, 1.807) is 25.3 Å². The molecule has 1 aliphatic heterocycles. The van der Waals surface area contributed by atoms with Crippen LogP contribution < -0.4 is 10.1 Å². The van der Waals surface area contributed by atoms with Gasteiger partial charge >= 0.3 is 0 Å². The number of amides is 2. The monoisotopic (exact) mass is 430 g/mol. The molecule has 1 fully saturated rings. The van der Waals surface area contributed by atoms with Gasteiger partial charge in [0, 0.05) is 36.5 Å². The number of nitrogens with one attached hydrogen (secondary N) is 2. The molecule has 2 N–H and O–H groups in total. The van der Waals surface area contributed by atoms with Crippen molar-refractivity contribution in [1.82, 2.24) is 15.1 Å². The molecule has 1 aromatic carbocycles. The fourth-order valence-electron chi connectivity index (χ4n) is 4.43. The number of benzene rings is 1. The first-order valence-corrected chi connectivity index (χ1v) is 10.9. The Bertz CT molecular complexity index is 942. The van der Waals surface area contributed by atoms with E-state index in [1.807, 2.05) is 4.90 Å². The molecule has 0 bridgehead atoms. The van der Waals surface area contributed by atoms with Crippen LogP contribution in [-0.4, -0.2) is 47.1 Å². The van der Waals surface area contributed by atoms with Gasteiger partial charge in [0.05, 0.1) is 12.1 Å². The number of H-pyrrole nitrogens is 1. The summed E-state index contributed by atoms with van der Waals surface area (Å²) in [6.07, 6.45) is 6.14. The highest BCUT2D eigenvalue weighted by atomic mass is 35.5. The summed E-state index contributed by atoms with van der Waals surface area (Å²) in [7, 11) is 1.55. The number of methoxy groups -OCH3 is 1. The molecule has 8 heteroatoms. The molecular weight excluding hydrogens is 404 g/mol. The SMILES string of the molecule is COc1ccc(NC(=O)CC[C@@H]2CCCN(C(=O)c3n[nH]c4c3CCC4)C2)cc1Cl. The number of anilines is 1.